The number of carbonyl (C=O) groups is 1. The first-order chi connectivity index (χ1) is 9.61. The van der Waals surface area contributed by atoms with Crippen LogP contribution in [0.4, 0.5) is 5.82 Å². The van der Waals surface area contributed by atoms with Crippen molar-refractivity contribution in [3.8, 4) is 0 Å². The summed E-state index contributed by atoms with van der Waals surface area (Å²) in [5, 5.41) is 0.145. The Balaban J connectivity index is 2.21. The second-order valence-electron chi connectivity index (χ2n) is 4.75. The molecular formula is C12H14ClN5O2. The van der Waals surface area contributed by atoms with Crippen molar-refractivity contribution in [2.45, 2.75) is 13.0 Å². The lowest BCUT2D eigenvalue weighted by atomic mass is 10.2. The maximum Gasteiger partial charge on any atom is 0.226 e. The first-order valence-corrected chi connectivity index (χ1v) is 6.69. The number of hydrogen-bond acceptors (Lipinski definition) is 6. The van der Waals surface area contributed by atoms with Crippen LogP contribution in [0.25, 0.3) is 11.2 Å². The number of rotatable bonds is 2. The summed E-state index contributed by atoms with van der Waals surface area (Å²) in [6.07, 6.45) is 0.697. The average Bonchev–Trinajstić information content (AvgIpc) is 2.76. The Hall–Kier alpha value is -1.73. The molecule has 1 fully saturated rings. The van der Waals surface area contributed by atoms with Gasteiger partial charge >= 0.3 is 0 Å². The number of nitrogens with zero attached hydrogens (tertiary/aromatic N) is 5. The van der Waals surface area contributed by atoms with Crippen molar-refractivity contribution in [3.63, 3.8) is 0 Å². The zero-order chi connectivity index (χ0) is 14.3. The third kappa shape index (κ3) is 2.03. The number of aryl methyl sites for hydroxylation is 1. The van der Waals surface area contributed by atoms with Gasteiger partial charge in [-0.15, -0.1) is 0 Å². The van der Waals surface area contributed by atoms with Gasteiger partial charge in [0.1, 0.15) is 0 Å². The molecule has 7 nitrogen and oxygen atoms in total. The molecular weight excluding hydrogens is 282 g/mol. The van der Waals surface area contributed by atoms with Crippen molar-refractivity contribution in [3.05, 3.63) is 11.1 Å². The highest BCUT2D eigenvalue weighted by Crippen LogP contribution is 2.27. The Morgan fingerprint density at radius 1 is 1.40 bits per heavy atom. The summed E-state index contributed by atoms with van der Waals surface area (Å²) in [4.78, 5) is 25.9. The van der Waals surface area contributed by atoms with E-state index in [1.165, 1.54) is 0 Å². The van der Waals surface area contributed by atoms with E-state index in [4.69, 9.17) is 16.3 Å². The van der Waals surface area contributed by atoms with Crippen LogP contribution in [-0.4, -0.2) is 51.6 Å². The van der Waals surface area contributed by atoms with Gasteiger partial charge in [-0.05, 0) is 18.5 Å². The normalized spacial score (nSPS) is 19.6. The van der Waals surface area contributed by atoms with Gasteiger partial charge in [0, 0.05) is 13.6 Å². The first-order valence-electron chi connectivity index (χ1n) is 6.31. The van der Waals surface area contributed by atoms with Crippen molar-refractivity contribution in [2.75, 3.05) is 24.7 Å². The molecule has 1 unspecified atom stereocenters. The highest BCUT2D eigenvalue weighted by molar-refractivity contribution is 6.28. The predicted octanol–water partition coefficient (Wildman–Crippen LogP) is 1.05. The lowest BCUT2D eigenvalue weighted by Crippen LogP contribution is -2.44. The number of aromatic nitrogens is 4. The van der Waals surface area contributed by atoms with Gasteiger partial charge in [0.05, 0.1) is 19.3 Å². The summed E-state index contributed by atoms with van der Waals surface area (Å²) in [5.74, 6) is 0.957. The van der Waals surface area contributed by atoms with Crippen LogP contribution in [0.15, 0.2) is 0 Å². The second-order valence-corrected chi connectivity index (χ2v) is 5.09. The minimum atomic E-state index is 0.145. The lowest BCUT2D eigenvalue weighted by Gasteiger charge is -2.34. The number of fused-ring (bicyclic) bond motifs is 1. The molecule has 1 saturated heterocycles. The topological polar surface area (TPSA) is 73.1 Å². The third-order valence-corrected chi connectivity index (χ3v) is 3.62. The highest BCUT2D eigenvalue weighted by atomic mass is 35.5. The standard InChI is InChI=1S/C12H14ClN5O2/c1-7-6-20-4-3-18(7)11-9-10(15-12(13)16-11)17(2)8(5-19)14-9/h5,7H,3-4,6H2,1-2H3. The Labute approximate surface area is 120 Å². The number of hydrogen-bond donors (Lipinski definition) is 0. The van der Waals surface area contributed by atoms with Crippen molar-refractivity contribution in [1.82, 2.24) is 19.5 Å². The SMILES string of the molecule is CC1COCCN1c1nc(Cl)nc2c1nc(C=O)n2C. The summed E-state index contributed by atoms with van der Waals surface area (Å²) in [5.41, 5.74) is 1.15. The number of morpholine rings is 1. The molecule has 2 aromatic rings. The largest absolute Gasteiger partial charge is 0.377 e. The van der Waals surface area contributed by atoms with Crippen molar-refractivity contribution >= 4 is 34.9 Å². The van der Waals surface area contributed by atoms with Crippen LogP contribution in [0.2, 0.25) is 5.28 Å². The fraction of sp³-hybridized carbons (Fsp3) is 0.500. The van der Waals surface area contributed by atoms with Crippen LogP contribution in [-0.2, 0) is 11.8 Å². The van der Waals surface area contributed by atoms with E-state index in [1.807, 2.05) is 6.92 Å². The van der Waals surface area contributed by atoms with Gasteiger partial charge in [0.2, 0.25) is 5.28 Å². The molecule has 1 atom stereocenters. The van der Waals surface area contributed by atoms with Gasteiger partial charge in [0.15, 0.2) is 29.1 Å². The lowest BCUT2D eigenvalue weighted by molar-refractivity contribution is 0.0986. The van der Waals surface area contributed by atoms with Gasteiger partial charge < -0.3 is 14.2 Å². The minimum absolute atomic E-state index is 0.145. The van der Waals surface area contributed by atoms with Crippen molar-refractivity contribution in [1.29, 1.82) is 0 Å². The summed E-state index contributed by atoms with van der Waals surface area (Å²) in [7, 11) is 1.73. The Morgan fingerprint density at radius 3 is 2.90 bits per heavy atom. The minimum Gasteiger partial charge on any atom is -0.377 e. The van der Waals surface area contributed by atoms with Gasteiger partial charge in [-0.3, -0.25) is 4.79 Å². The van der Waals surface area contributed by atoms with Gasteiger partial charge in [0.25, 0.3) is 0 Å². The maximum atomic E-state index is 11.0. The molecule has 0 radical (unpaired) electrons. The van der Waals surface area contributed by atoms with Crippen LogP contribution in [0.1, 0.15) is 17.5 Å². The van der Waals surface area contributed by atoms with E-state index in [1.54, 1.807) is 11.6 Å². The van der Waals surface area contributed by atoms with E-state index in [0.29, 0.717) is 48.9 Å². The molecule has 1 aliphatic rings. The van der Waals surface area contributed by atoms with Crippen LogP contribution < -0.4 is 4.90 Å². The smallest absolute Gasteiger partial charge is 0.226 e. The van der Waals surface area contributed by atoms with Gasteiger partial charge in [-0.2, -0.15) is 9.97 Å². The molecule has 0 N–H and O–H groups in total. The molecule has 0 aromatic carbocycles. The average molecular weight is 296 g/mol. The van der Waals surface area contributed by atoms with Crippen molar-refractivity contribution in [2.24, 2.45) is 7.05 Å². The Kier molecular flexibility index (Phi) is 3.31. The van der Waals surface area contributed by atoms with Crippen LogP contribution >= 0.6 is 11.6 Å². The molecule has 1 aliphatic heterocycles. The van der Waals surface area contributed by atoms with Gasteiger partial charge in [-0.25, -0.2) is 4.98 Å². The number of halogens is 1. The second kappa shape index (κ2) is 4.99. The number of carbonyl (C=O) groups excluding carboxylic acids is 1. The van der Waals surface area contributed by atoms with E-state index in [9.17, 15) is 4.79 Å². The summed E-state index contributed by atoms with van der Waals surface area (Å²) in [6, 6.07) is 0.166. The quantitative estimate of drug-likeness (QED) is 0.609. The zero-order valence-corrected chi connectivity index (χ0v) is 12.0. The Bertz CT molecular complexity index is 671. The van der Waals surface area contributed by atoms with Crippen molar-refractivity contribution < 1.29 is 9.53 Å². The summed E-state index contributed by atoms with van der Waals surface area (Å²) in [6.45, 7) is 4.00. The predicted molar refractivity (Wildman–Crippen MR) is 74.3 cm³/mol. The first kappa shape index (κ1) is 13.3. The molecule has 106 valence electrons. The Morgan fingerprint density at radius 2 is 2.20 bits per heavy atom. The van der Waals surface area contributed by atoms with Crippen LogP contribution in [0.5, 0.6) is 0 Å². The molecule has 3 rings (SSSR count). The monoisotopic (exact) mass is 295 g/mol. The fourth-order valence-electron chi connectivity index (χ4n) is 2.39. The van der Waals surface area contributed by atoms with E-state index in [0.717, 1.165) is 0 Å². The van der Waals surface area contributed by atoms with E-state index >= 15 is 0 Å². The molecule has 0 aliphatic carbocycles. The maximum absolute atomic E-state index is 11.0. The number of anilines is 1. The fourth-order valence-corrected chi connectivity index (χ4v) is 2.55. The molecule has 0 bridgehead atoms. The highest BCUT2D eigenvalue weighted by Gasteiger charge is 2.25. The van der Waals surface area contributed by atoms with E-state index in [-0.39, 0.29) is 11.3 Å². The molecule has 8 heteroatoms. The number of imidazole rings is 1. The molecule has 20 heavy (non-hydrogen) atoms. The summed E-state index contributed by atoms with van der Waals surface area (Å²) >= 11 is 6.01. The molecule has 0 spiro atoms. The third-order valence-electron chi connectivity index (χ3n) is 3.45. The summed E-state index contributed by atoms with van der Waals surface area (Å²) < 4.78 is 7.04. The van der Waals surface area contributed by atoms with Crippen LogP contribution in [0.3, 0.4) is 0 Å². The molecule has 0 saturated carbocycles. The van der Waals surface area contributed by atoms with Gasteiger partial charge in [-0.1, -0.05) is 0 Å². The number of aldehydes is 1. The molecule has 3 heterocycles. The van der Waals surface area contributed by atoms with Crippen LogP contribution in [0, 0.1) is 0 Å². The molecule has 0 amide bonds. The molecule has 2 aromatic heterocycles. The van der Waals surface area contributed by atoms with E-state index < -0.39 is 0 Å². The van der Waals surface area contributed by atoms with E-state index in [2.05, 4.69) is 19.9 Å². The zero-order valence-electron chi connectivity index (χ0n) is 11.2. The number of ether oxygens (including phenoxy) is 1.